The third-order valence-corrected chi connectivity index (χ3v) is 3.15. The van der Waals surface area contributed by atoms with Crippen molar-refractivity contribution in [3.8, 4) is 0 Å². The number of pyridine rings is 1. The summed E-state index contributed by atoms with van der Waals surface area (Å²) >= 11 is 5.62. The van der Waals surface area contributed by atoms with E-state index in [-0.39, 0.29) is 10.8 Å². The monoisotopic (exact) mass is 303 g/mol. The van der Waals surface area contributed by atoms with Crippen LogP contribution in [0.15, 0.2) is 12.3 Å². The van der Waals surface area contributed by atoms with Crippen LogP contribution in [0.5, 0.6) is 0 Å². The van der Waals surface area contributed by atoms with Gasteiger partial charge in [-0.25, -0.2) is 4.98 Å². The molecular weight excluding hydrogens is 295 g/mol. The maximum absolute atomic E-state index is 11.9. The van der Waals surface area contributed by atoms with E-state index in [1.807, 2.05) is 4.72 Å². The summed E-state index contributed by atoms with van der Waals surface area (Å²) in [6, 6.07) is 1.35. The standard InChI is InChI=1S/C8H9ClF3N3O2S/c1-5-2-6(3-13-7(5)9)15-18(16,17)14-4-8(10,11)12/h2-3,14-15H,4H2,1H3. The average Bonchev–Trinajstić information content (AvgIpc) is 2.20. The molecule has 0 fully saturated rings. The molecule has 2 N–H and O–H groups in total. The number of nitrogens with one attached hydrogen (secondary N) is 2. The number of hydrogen-bond acceptors (Lipinski definition) is 3. The van der Waals surface area contributed by atoms with Gasteiger partial charge in [-0.2, -0.15) is 26.3 Å². The van der Waals surface area contributed by atoms with Crippen molar-refractivity contribution in [2.75, 3.05) is 11.3 Å². The van der Waals surface area contributed by atoms with Crippen LogP contribution in [0.4, 0.5) is 18.9 Å². The highest BCUT2D eigenvalue weighted by Gasteiger charge is 2.29. The third kappa shape index (κ3) is 5.07. The Labute approximate surface area is 107 Å². The number of alkyl halides is 3. The van der Waals surface area contributed by atoms with E-state index in [0.29, 0.717) is 5.56 Å². The molecule has 0 radical (unpaired) electrons. The van der Waals surface area contributed by atoms with Crippen molar-refractivity contribution in [3.05, 3.63) is 23.0 Å². The van der Waals surface area contributed by atoms with Gasteiger partial charge in [-0.3, -0.25) is 4.72 Å². The van der Waals surface area contributed by atoms with Crippen LogP contribution >= 0.6 is 11.6 Å². The van der Waals surface area contributed by atoms with Crippen molar-refractivity contribution in [2.24, 2.45) is 0 Å². The zero-order valence-corrected chi connectivity index (χ0v) is 10.6. The smallest absolute Gasteiger partial charge is 0.270 e. The topological polar surface area (TPSA) is 71.1 Å². The zero-order valence-electron chi connectivity index (χ0n) is 9.05. The second kappa shape index (κ2) is 5.29. The Balaban J connectivity index is 2.74. The summed E-state index contributed by atoms with van der Waals surface area (Å²) in [5, 5.41) is 0.182. The van der Waals surface area contributed by atoms with Crippen LogP contribution in [-0.2, 0) is 10.2 Å². The van der Waals surface area contributed by atoms with Gasteiger partial charge in [0.15, 0.2) is 0 Å². The highest BCUT2D eigenvalue weighted by Crippen LogP contribution is 2.17. The molecule has 0 atom stereocenters. The number of halogens is 4. The molecule has 0 amide bonds. The van der Waals surface area contributed by atoms with Crippen molar-refractivity contribution in [3.63, 3.8) is 0 Å². The quantitative estimate of drug-likeness (QED) is 0.834. The van der Waals surface area contributed by atoms with Crippen LogP contribution < -0.4 is 9.44 Å². The first kappa shape index (κ1) is 15.0. The van der Waals surface area contributed by atoms with Crippen LogP contribution in [0, 0.1) is 6.92 Å². The maximum atomic E-state index is 11.9. The number of aryl methyl sites for hydroxylation is 1. The Morgan fingerprint density at radius 2 is 2.06 bits per heavy atom. The van der Waals surface area contributed by atoms with Crippen LogP contribution in [0.2, 0.25) is 5.15 Å². The molecule has 0 unspecified atom stereocenters. The summed E-state index contributed by atoms with van der Waals surface area (Å²) in [5.74, 6) is 0. The lowest BCUT2D eigenvalue weighted by Gasteiger charge is -2.11. The van der Waals surface area contributed by atoms with E-state index in [1.165, 1.54) is 10.8 Å². The lowest BCUT2D eigenvalue weighted by molar-refractivity contribution is -0.121. The minimum absolute atomic E-state index is 0.0200. The number of aromatic nitrogens is 1. The molecule has 10 heteroatoms. The van der Waals surface area contributed by atoms with E-state index in [9.17, 15) is 21.6 Å². The Morgan fingerprint density at radius 1 is 1.44 bits per heavy atom. The molecule has 0 saturated carbocycles. The van der Waals surface area contributed by atoms with E-state index >= 15 is 0 Å². The van der Waals surface area contributed by atoms with E-state index in [0.717, 1.165) is 6.20 Å². The van der Waals surface area contributed by atoms with Gasteiger partial charge < -0.3 is 0 Å². The zero-order chi connectivity index (χ0) is 14.0. The molecule has 1 heterocycles. The fraction of sp³-hybridized carbons (Fsp3) is 0.375. The van der Waals surface area contributed by atoms with Crippen LogP contribution in [0.1, 0.15) is 5.56 Å². The molecule has 102 valence electrons. The van der Waals surface area contributed by atoms with Crippen molar-refractivity contribution < 1.29 is 21.6 Å². The van der Waals surface area contributed by atoms with Gasteiger partial charge >= 0.3 is 6.18 Å². The van der Waals surface area contributed by atoms with Crippen LogP contribution in [-0.4, -0.2) is 26.1 Å². The summed E-state index contributed by atoms with van der Waals surface area (Å²) in [6.45, 7) is -0.0708. The molecule has 0 aliphatic heterocycles. The SMILES string of the molecule is Cc1cc(NS(=O)(=O)NCC(F)(F)F)cnc1Cl. The first-order chi connectivity index (χ1) is 8.09. The van der Waals surface area contributed by atoms with Crippen LogP contribution in [0.3, 0.4) is 0 Å². The van der Waals surface area contributed by atoms with Gasteiger partial charge in [-0.05, 0) is 18.6 Å². The number of anilines is 1. The molecule has 1 aromatic heterocycles. The molecule has 0 aromatic carbocycles. The Kier molecular flexibility index (Phi) is 4.41. The molecular formula is C8H9ClF3N3O2S. The van der Waals surface area contributed by atoms with Crippen molar-refractivity contribution in [1.29, 1.82) is 0 Å². The van der Waals surface area contributed by atoms with Crippen molar-refractivity contribution >= 4 is 27.5 Å². The summed E-state index contributed by atoms with van der Waals surface area (Å²) in [5.41, 5.74) is 0.513. The van der Waals surface area contributed by atoms with Gasteiger partial charge in [-0.15, -0.1) is 0 Å². The second-order valence-electron chi connectivity index (χ2n) is 3.37. The fourth-order valence-corrected chi connectivity index (χ4v) is 1.93. The molecule has 1 aromatic rings. The average molecular weight is 304 g/mol. The normalized spacial score (nSPS) is 12.5. The molecule has 0 spiro atoms. The van der Waals surface area contributed by atoms with E-state index in [1.54, 1.807) is 6.92 Å². The van der Waals surface area contributed by atoms with Gasteiger partial charge in [0.05, 0.1) is 11.9 Å². The predicted octanol–water partition coefficient (Wildman–Crippen LogP) is 1.85. The summed E-state index contributed by atoms with van der Waals surface area (Å²) in [4.78, 5) is 3.66. The van der Waals surface area contributed by atoms with Gasteiger partial charge in [0, 0.05) is 0 Å². The summed E-state index contributed by atoms with van der Waals surface area (Å²) < 4.78 is 61.3. The molecule has 1 rings (SSSR count). The molecule has 5 nitrogen and oxygen atoms in total. The lowest BCUT2D eigenvalue weighted by Crippen LogP contribution is -2.37. The first-order valence-electron chi connectivity index (χ1n) is 4.55. The highest BCUT2D eigenvalue weighted by atomic mass is 35.5. The van der Waals surface area contributed by atoms with Crippen LogP contribution in [0.25, 0.3) is 0 Å². The van der Waals surface area contributed by atoms with E-state index < -0.39 is 22.9 Å². The maximum Gasteiger partial charge on any atom is 0.402 e. The largest absolute Gasteiger partial charge is 0.402 e. The first-order valence-corrected chi connectivity index (χ1v) is 6.41. The minimum Gasteiger partial charge on any atom is -0.270 e. The van der Waals surface area contributed by atoms with Crippen molar-refractivity contribution in [1.82, 2.24) is 9.71 Å². The second-order valence-corrected chi connectivity index (χ2v) is 5.23. The lowest BCUT2D eigenvalue weighted by atomic mass is 10.3. The Morgan fingerprint density at radius 3 is 2.56 bits per heavy atom. The molecule has 0 aliphatic rings. The molecule has 0 bridgehead atoms. The third-order valence-electron chi connectivity index (χ3n) is 1.73. The van der Waals surface area contributed by atoms with Gasteiger partial charge in [0.2, 0.25) is 0 Å². The number of hydrogen-bond donors (Lipinski definition) is 2. The summed E-state index contributed by atoms with van der Waals surface area (Å²) in [7, 11) is -4.30. The van der Waals surface area contributed by atoms with E-state index in [4.69, 9.17) is 11.6 Å². The summed E-state index contributed by atoms with van der Waals surface area (Å²) in [6.07, 6.45) is -3.52. The number of rotatable bonds is 4. The Hall–Kier alpha value is -1.06. The number of nitrogens with zero attached hydrogens (tertiary/aromatic N) is 1. The van der Waals surface area contributed by atoms with Gasteiger partial charge in [-0.1, -0.05) is 11.6 Å². The van der Waals surface area contributed by atoms with Gasteiger partial charge in [0.25, 0.3) is 10.2 Å². The van der Waals surface area contributed by atoms with E-state index in [2.05, 4.69) is 4.98 Å². The molecule has 0 saturated heterocycles. The molecule has 18 heavy (non-hydrogen) atoms. The highest BCUT2D eigenvalue weighted by molar-refractivity contribution is 7.90. The van der Waals surface area contributed by atoms with Gasteiger partial charge in [0.1, 0.15) is 11.7 Å². The van der Waals surface area contributed by atoms with Crippen molar-refractivity contribution in [2.45, 2.75) is 13.1 Å². The fourth-order valence-electron chi connectivity index (χ4n) is 0.982. The Bertz CT molecular complexity index is 533. The minimum atomic E-state index is -4.62. The molecule has 0 aliphatic carbocycles. The predicted molar refractivity (Wildman–Crippen MR) is 60.6 cm³/mol.